The number of carbonyl (C=O) groups is 1. The molecule has 4 aromatic rings. The lowest BCUT2D eigenvalue weighted by Gasteiger charge is -2.27. The van der Waals surface area contributed by atoms with Gasteiger partial charge in [0, 0.05) is 5.56 Å². The molecule has 0 amide bonds. The van der Waals surface area contributed by atoms with Crippen molar-refractivity contribution in [3.05, 3.63) is 120 Å². The summed E-state index contributed by atoms with van der Waals surface area (Å²) in [6.45, 7) is 3.75. The Kier molecular flexibility index (Phi) is 6.85. The van der Waals surface area contributed by atoms with E-state index in [0.29, 0.717) is 11.3 Å². The normalized spacial score (nSPS) is 11.3. The van der Waals surface area contributed by atoms with E-state index in [2.05, 4.69) is 48.5 Å². The van der Waals surface area contributed by atoms with Crippen LogP contribution in [0.15, 0.2) is 124 Å². The van der Waals surface area contributed by atoms with Crippen molar-refractivity contribution >= 4 is 16.9 Å². The van der Waals surface area contributed by atoms with Crippen LogP contribution in [0.3, 0.4) is 0 Å². The monoisotopic (exact) mass is 455 g/mol. The third-order valence-electron chi connectivity index (χ3n) is 5.39. The van der Waals surface area contributed by atoms with Gasteiger partial charge in [-0.05, 0) is 68.4 Å². The van der Waals surface area contributed by atoms with Crippen molar-refractivity contribution in [1.82, 2.24) is 0 Å². The zero-order chi connectivity index (χ0) is 23.3. The van der Waals surface area contributed by atoms with Crippen molar-refractivity contribution in [3.8, 4) is 5.75 Å². The fraction of sp³-hybridized carbons (Fsp3) is 0.138. The molecule has 166 valence electrons. The quantitative estimate of drug-likeness (QED) is 0.225. The third-order valence-corrected chi connectivity index (χ3v) is 7.62. The molecule has 0 atom stereocenters. The van der Waals surface area contributed by atoms with Crippen LogP contribution in [0.5, 0.6) is 5.75 Å². The summed E-state index contributed by atoms with van der Waals surface area (Å²) in [7, 11) is 1.36. The van der Waals surface area contributed by atoms with Crippen molar-refractivity contribution < 1.29 is 14.3 Å². The molecule has 0 unspecified atom stereocenters. The fourth-order valence-corrected chi connectivity index (χ4v) is 5.82. The molecule has 33 heavy (non-hydrogen) atoms. The first-order chi connectivity index (χ1) is 16.0. The molecule has 0 radical (unpaired) electrons. The number of hydrogen-bond acceptors (Lipinski definition) is 3. The lowest BCUT2D eigenvalue weighted by atomic mass is 9.97. The number of hydrogen-bond donors (Lipinski definition) is 0. The number of benzene rings is 4. The molecule has 0 aliphatic rings. The van der Waals surface area contributed by atoms with Gasteiger partial charge < -0.3 is 9.47 Å². The van der Waals surface area contributed by atoms with Gasteiger partial charge in [0.05, 0.1) is 23.6 Å². The van der Waals surface area contributed by atoms with Gasteiger partial charge in [0.15, 0.2) is 14.7 Å². The first kappa shape index (κ1) is 22.7. The first-order valence-electron chi connectivity index (χ1n) is 10.8. The first-order valence-corrected chi connectivity index (χ1v) is 12.0. The summed E-state index contributed by atoms with van der Waals surface area (Å²) in [5.74, 6) is 0.331. The van der Waals surface area contributed by atoms with Crippen LogP contribution >= 0.6 is 0 Å². The smallest absolute Gasteiger partial charge is 0.339 e. The van der Waals surface area contributed by atoms with Gasteiger partial charge in [-0.1, -0.05) is 54.6 Å². The molecule has 4 aromatic carbocycles. The number of ether oxygens (including phenoxy) is 2. The Morgan fingerprint density at radius 1 is 0.667 bits per heavy atom. The fourth-order valence-electron chi connectivity index (χ4n) is 3.74. The summed E-state index contributed by atoms with van der Waals surface area (Å²) in [4.78, 5) is 16.6. The molecule has 0 aliphatic heterocycles. The van der Waals surface area contributed by atoms with Crippen LogP contribution in [0.1, 0.15) is 29.8 Å². The molecule has 0 saturated carbocycles. The van der Waals surface area contributed by atoms with Crippen molar-refractivity contribution in [1.29, 1.82) is 0 Å². The predicted octanol–water partition coefficient (Wildman–Crippen LogP) is 6.88. The minimum absolute atomic E-state index is 0.258. The highest BCUT2D eigenvalue weighted by atomic mass is 32.2. The molecule has 0 saturated heterocycles. The zero-order valence-electron chi connectivity index (χ0n) is 19.0. The summed E-state index contributed by atoms with van der Waals surface area (Å²) < 4.78 is 11.4. The van der Waals surface area contributed by atoms with E-state index < -0.39 is 5.60 Å². The molecule has 0 aromatic heterocycles. The summed E-state index contributed by atoms with van der Waals surface area (Å²) in [5, 5.41) is 0. The van der Waals surface area contributed by atoms with Crippen LogP contribution < -0.4 is 4.74 Å². The van der Waals surface area contributed by atoms with E-state index in [0.717, 1.165) is 10.5 Å². The summed E-state index contributed by atoms with van der Waals surface area (Å²) in [5.41, 5.74) is 0.513. The van der Waals surface area contributed by atoms with Gasteiger partial charge in [0.25, 0.3) is 0 Å². The molecule has 0 N–H and O–H groups in total. The van der Waals surface area contributed by atoms with Crippen LogP contribution in [0.2, 0.25) is 0 Å². The van der Waals surface area contributed by atoms with Crippen molar-refractivity contribution in [2.75, 3.05) is 7.11 Å². The van der Waals surface area contributed by atoms with E-state index in [4.69, 9.17) is 9.47 Å². The maximum atomic E-state index is 13.0. The van der Waals surface area contributed by atoms with Gasteiger partial charge in [-0.15, -0.1) is 0 Å². The molecular formula is C29H27O3S+. The van der Waals surface area contributed by atoms with Crippen LogP contribution in [0.25, 0.3) is 0 Å². The Morgan fingerprint density at radius 3 is 1.70 bits per heavy atom. The second-order valence-corrected chi connectivity index (χ2v) is 10.1. The summed E-state index contributed by atoms with van der Waals surface area (Å²) in [6.07, 6.45) is 0. The van der Waals surface area contributed by atoms with Crippen molar-refractivity contribution in [3.63, 3.8) is 0 Å². The largest absolute Gasteiger partial charge is 0.496 e. The molecule has 0 fully saturated rings. The van der Waals surface area contributed by atoms with Crippen molar-refractivity contribution in [2.24, 2.45) is 0 Å². The Labute approximate surface area is 198 Å². The molecule has 0 heterocycles. The van der Waals surface area contributed by atoms with Gasteiger partial charge in [-0.3, -0.25) is 0 Å². The summed E-state index contributed by atoms with van der Waals surface area (Å²) >= 11 is 0. The van der Waals surface area contributed by atoms with Crippen LogP contribution in [-0.4, -0.2) is 13.1 Å². The second kappa shape index (κ2) is 9.97. The van der Waals surface area contributed by atoms with E-state index >= 15 is 0 Å². The van der Waals surface area contributed by atoms with Gasteiger partial charge in [-0.2, -0.15) is 0 Å². The maximum absolute atomic E-state index is 13.0. The molecule has 4 rings (SSSR count). The second-order valence-electron chi connectivity index (χ2n) is 8.06. The topological polar surface area (TPSA) is 35.5 Å². The minimum Gasteiger partial charge on any atom is -0.496 e. The number of carbonyl (C=O) groups excluding carboxylic acids is 1. The average molecular weight is 456 g/mol. The van der Waals surface area contributed by atoms with Gasteiger partial charge in [0.1, 0.15) is 11.4 Å². The zero-order valence-corrected chi connectivity index (χ0v) is 19.8. The molecule has 0 spiro atoms. The highest BCUT2D eigenvalue weighted by Gasteiger charge is 2.31. The third kappa shape index (κ3) is 5.12. The number of rotatable bonds is 7. The van der Waals surface area contributed by atoms with Crippen LogP contribution in [-0.2, 0) is 21.2 Å². The van der Waals surface area contributed by atoms with E-state index in [1.165, 1.54) is 9.79 Å². The lowest BCUT2D eigenvalue weighted by Crippen LogP contribution is -2.26. The number of methoxy groups -OCH3 is 1. The molecule has 0 aliphatic carbocycles. The van der Waals surface area contributed by atoms with Gasteiger partial charge in [-0.25, -0.2) is 4.79 Å². The lowest BCUT2D eigenvalue weighted by molar-refractivity contribution is -0.00398. The Morgan fingerprint density at radius 2 is 1.15 bits per heavy atom. The molecule has 0 bridgehead atoms. The van der Waals surface area contributed by atoms with Crippen LogP contribution in [0, 0.1) is 0 Å². The standard InChI is InChI=1S/C29H27O3S/c1-29(2,26-16-10-11-17-27(26)31-3)32-28(30)22-18-20-25(21-19-22)33(23-12-6-4-7-13-23)24-14-8-5-9-15-24/h4-21H,1-3H3/q+1. The Bertz CT molecular complexity index is 1160. The Balaban J connectivity index is 1.60. The minimum atomic E-state index is -0.833. The predicted molar refractivity (Wildman–Crippen MR) is 133 cm³/mol. The summed E-state index contributed by atoms with van der Waals surface area (Å²) in [6, 6.07) is 36.2. The average Bonchev–Trinajstić information content (AvgIpc) is 2.85. The number of esters is 1. The maximum Gasteiger partial charge on any atom is 0.339 e. The van der Waals surface area contributed by atoms with Crippen LogP contribution in [0.4, 0.5) is 0 Å². The molecule has 3 nitrogen and oxygen atoms in total. The Hall–Kier alpha value is -3.50. The highest BCUT2D eigenvalue weighted by molar-refractivity contribution is 7.97. The molecule has 4 heteroatoms. The van der Waals surface area contributed by atoms with Gasteiger partial charge in [0.2, 0.25) is 0 Å². The highest BCUT2D eigenvalue weighted by Crippen LogP contribution is 2.34. The van der Waals surface area contributed by atoms with Crippen molar-refractivity contribution in [2.45, 2.75) is 34.1 Å². The SMILES string of the molecule is COc1ccccc1C(C)(C)OC(=O)c1ccc([S+](c2ccccc2)c2ccccc2)cc1. The van der Waals surface area contributed by atoms with E-state index in [1.54, 1.807) is 7.11 Å². The van der Waals surface area contributed by atoms with E-state index in [1.807, 2.05) is 74.5 Å². The molecular weight excluding hydrogens is 428 g/mol. The van der Waals surface area contributed by atoms with Gasteiger partial charge >= 0.3 is 5.97 Å². The number of para-hydroxylation sites is 1. The van der Waals surface area contributed by atoms with E-state index in [-0.39, 0.29) is 16.9 Å². The van der Waals surface area contributed by atoms with E-state index in [9.17, 15) is 4.79 Å².